The average Bonchev–Trinajstić information content (AvgIpc) is 2.77. The number of fused-ring (bicyclic) bond motifs is 1. The SMILES string of the molecule is Clc1ccc(CC2CCCC3(CCNc4ccccc4S3)C2)cc1Cl. The Morgan fingerprint density at radius 2 is 1.96 bits per heavy atom. The molecule has 1 fully saturated rings. The van der Waals surface area contributed by atoms with Crippen LogP contribution in [0, 0.1) is 5.92 Å². The Morgan fingerprint density at radius 1 is 1.08 bits per heavy atom. The monoisotopic (exact) mass is 391 g/mol. The first-order valence-corrected chi connectivity index (χ1v) is 10.7. The summed E-state index contributed by atoms with van der Waals surface area (Å²) < 4.78 is 0.374. The van der Waals surface area contributed by atoms with Crippen molar-refractivity contribution in [1.82, 2.24) is 0 Å². The third kappa shape index (κ3) is 3.97. The quantitative estimate of drug-likeness (QED) is 0.586. The predicted octanol–water partition coefficient (Wildman–Crippen LogP) is 7.07. The molecule has 0 bridgehead atoms. The zero-order valence-corrected chi connectivity index (χ0v) is 16.6. The van der Waals surface area contributed by atoms with E-state index in [1.165, 1.54) is 48.3 Å². The molecule has 132 valence electrons. The van der Waals surface area contributed by atoms with E-state index < -0.39 is 0 Å². The maximum Gasteiger partial charge on any atom is 0.0595 e. The molecule has 2 aliphatic rings. The molecule has 0 aromatic heterocycles. The minimum absolute atomic E-state index is 0.374. The number of anilines is 1. The van der Waals surface area contributed by atoms with Crippen LogP contribution in [-0.2, 0) is 6.42 Å². The highest BCUT2D eigenvalue weighted by atomic mass is 35.5. The van der Waals surface area contributed by atoms with Gasteiger partial charge in [0.25, 0.3) is 0 Å². The number of hydrogen-bond acceptors (Lipinski definition) is 2. The fraction of sp³-hybridized carbons (Fsp3) is 0.429. The first-order valence-electron chi connectivity index (χ1n) is 9.09. The smallest absolute Gasteiger partial charge is 0.0595 e. The number of rotatable bonds is 2. The summed E-state index contributed by atoms with van der Waals surface area (Å²) in [5.74, 6) is 0.726. The Kier molecular flexibility index (Phi) is 5.22. The second kappa shape index (κ2) is 7.42. The fourth-order valence-electron chi connectivity index (χ4n) is 4.35. The summed E-state index contributed by atoms with van der Waals surface area (Å²) in [6.45, 7) is 1.07. The van der Waals surface area contributed by atoms with E-state index in [-0.39, 0.29) is 0 Å². The minimum atomic E-state index is 0.374. The number of nitrogens with one attached hydrogen (secondary N) is 1. The van der Waals surface area contributed by atoms with E-state index in [0.717, 1.165) is 18.9 Å². The van der Waals surface area contributed by atoms with Crippen LogP contribution in [0.4, 0.5) is 5.69 Å². The van der Waals surface area contributed by atoms with Gasteiger partial charge in [-0.05, 0) is 61.4 Å². The molecular weight excluding hydrogens is 369 g/mol. The van der Waals surface area contributed by atoms with E-state index in [9.17, 15) is 0 Å². The zero-order chi connectivity index (χ0) is 17.3. The molecule has 1 nitrogen and oxygen atoms in total. The van der Waals surface area contributed by atoms with E-state index in [1.807, 2.05) is 12.1 Å². The van der Waals surface area contributed by atoms with Gasteiger partial charge in [0.1, 0.15) is 0 Å². The molecule has 2 unspecified atom stereocenters. The lowest BCUT2D eigenvalue weighted by atomic mass is 9.76. The topological polar surface area (TPSA) is 12.0 Å². The van der Waals surface area contributed by atoms with Gasteiger partial charge in [-0.15, -0.1) is 11.8 Å². The molecule has 2 atom stereocenters. The van der Waals surface area contributed by atoms with Gasteiger partial charge in [-0.3, -0.25) is 0 Å². The van der Waals surface area contributed by atoms with E-state index >= 15 is 0 Å². The molecule has 0 amide bonds. The van der Waals surface area contributed by atoms with Crippen LogP contribution >= 0.6 is 35.0 Å². The Labute approximate surface area is 164 Å². The highest BCUT2D eigenvalue weighted by Gasteiger charge is 2.38. The summed E-state index contributed by atoms with van der Waals surface area (Å²) in [6.07, 6.45) is 7.59. The highest BCUT2D eigenvalue weighted by molar-refractivity contribution is 8.00. The van der Waals surface area contributed by atoms with Crippen LogP contribution in [0.3, 0.4) is 0 Å². The van der Waals surface area contributed by atoms with Gasteiger partial charge in [0, 0.05) is 21.9 Å². The molecule has 1 spiro atoms. The second-order valence-corrected chi connectivity index (χ2v) is 9.70. The summed E-state index contributed by atoms with van der Waals surface area (Å²) in [5, 5.41) is 4.94. The number of hydrogen-bond donors (Lipinski definition) is 1. The molecule has 25 heavy (non-hydrogen) atoms. The van der Waals surface area contributed by atoms with Crippen LogP contribution in [0.25, 0.3) is 0 Å². The molecular formula is C21H23Cl2NS. The maximum absolute atomic E-state index is 6.21. The normalized spacial score (nSPS) is 25.9. The molecule has 1 N–H and O–H groups in total. The lowest BCUT2D eigenvalue weighted by Gasteiger charge is -2.40. The fourth-order valence-corrected chi connectivity index (χ4v) is 6.30. The van der Waals surface area contributed by atoms with Crippen molar-refractivity contribution in [2.45, 2.75) is 48.2 Å². The molecule has 1 aliphatic carbocycles. The molecule has 0 saturated heterocycles. The van der Waals surface area contributed by atoms with Crippen molar-refractivity contribution >= 4 is 40.7 Å². The Hall–Kier alpha value is -0.830. The van der Waals surface area contributed by atoms with Gasteiger partial charge >= 0.3 is 0 Å². The highest BCUT2D eigenvalue weighted by Crippen LogP contribution is 2.51. The number of thioether (sulfide) groups is 1. The van der Waals surface area contributed by atoms with Crippen molar-refractivity contribution in [2.75, 3.05) is 11.9 Å². The van der Waals surface area contributed by atoms with E-state index in [2.05, 4.69) is 47.4 Å². The lowest BCUT2D eigenvalue weighted by Crippen LogP contribution is -2.33. The van der Waals surface area contributed by atoms with Crippen LogP contribution in [0.1, 0.15) is 37.7 Å². The number of halogens is 2. The van der Waals surface area contributed by atoms with Crippen molar-refractivity contribution < 1.29 is 0 Å². The van der Waals surface area contributed by atoms with Gasteiger partial charge < -0.3 is 5.32 Å². The summed E-state index contributed by atoms with van der Waals surface area (Å²) in [5.41, 5.74) is 2.62. The van der Waals surface area contributed by atoms with Gasteiger partial charge in [-0.2, -0.15) is 0 Å². The van der Waals surface area contributed by atoms with Crippen molar-refractivity contribution in [2.24, 2.45) is 5.92 Å². The summed E-state index contributed by atoms with van der Waals surface area (Å²) in [7, 11) is 0. The van der Waals surface area contributed by atoms with Crippen LogP contribution < -0.4 is 5.32 Å². The second-order valence-electron chi connectivity index (χ2n) is 7.37. The summed E-state index contributed by atoms with van der Waals surface area (Å²) in [4.78, 5) is 1.41. The van der Waals surface area contributed by atoms with Gasteiger partial charge in [-0.25, -0.2) is 0 Å². The standard InChI is InChI=1S/C21H23Cl2NS/c22-17-8-7-15(13-18(17)23)12-16-4-3-9-21(14-16)10-11-24-19-5-1-2-6-20(19)25-21/h1-2,5-8,13,16,24H,3-4,9-12,14H2. The van der Waals surface area contributed by atoms with Crippen molar-refractivity contribution in [3.05, 3.63) is 58.1 Å². The molecule has 1 aliphatic heterocycles. The first kappa shape index (κ1) is 17.6. The maximum atomic E-state index is 6.21. The Balaban J connectivity index is 1.51. The molecule has 1 saturated carbocycles. The lowest BCUT2D eigenvalue weighted by molar-refractivity contribution is 0.286. The largest absolute Gasteiger partial charge is 0.384 e. The summed E-state index contributed by atoms with van der Waals surface area (Å²) in [6, 6.07) is 14.9. The van der Waals surface area contributed by atoms with Gasteiger partial charge in [0.05, 0.1) is 10.0 Å². The third-order valence-corrected chi connectivity index (χ3v) is 7.85. The molecule has 0 radical (unpaired) electrons. The van der Waals surface area contributed by atoms with Gasteiger partial charge in [0.15, 0.2) is 0 Å². The van der Waals surface area contributed by atoms with Crippen molar-refractivity contribution in [3.8, 4) is 0 Å². The van der Waals surface area contributed by atoms with Crippen LogP contribution in [0.15, 0.2) is 47.4 Å². The third-order valence-electron chi connectivity index (χ3n) is 5.52. The van der Waals surface area contributed by atoms with Crippen molar-refractivity contribution in [3.63, 3.8) is 0 Å². The van der Waals surface area contributed by atoms with Gasteiger partial charge in [-0.1, -0.05) is 54.2 Å². The van der Waals surface area contributed by atoms with Crippen LogP contribution in [0.5, 0.6) is 0 Å². The van der Waals surface area contributed by atoms with E-state index in [0.29, 0.717) is 14.8 Å². The number of para-hydroxylation sites is 1. The zero-order valence-electron chi connectivity index (χ0n) is 14.2. The van der Waals surface area contributed by atoms with Crippen LogP contribution in [-0.4, -0.2) is 11.3 Å². The Morgan fingerprint density at radius 3 is 2.84 bits per heavy atom. The molecule has 2 aromatic rings. The van der Waals surface area contributed by atoms with E-state index in [4.69, 9.17) is 23.2 Å². The molecule has 1 heterocycles. The predicted molar refractivity (Wildman–Crippen MR) is 110 cm³/mol. The first-order chi connectivity index (χ1) is 12.1. The minimum Gasteiger partial charge on any atom is -0.384 e. The van der Waals surface area contributed by atoms with E-state index in [1.54, 1.807) is 0 Å². The van der Waals surface area contributed by atoms with Crippen molar-refractivity contribution in [1.29, 1.82) is 0 Å². The Bertz CT molecular complexity index is 763. The van der Waals surface area contributed by atoms with Crippen LogP contribution in [0.2, 0.25) is 10.0 Å². The molecule has 4 heteroatoms. The summed E-state index contributed by atoms with van der Waals surface area (Å²) >= 11 is 14.4. The molecule has 2 aromatic carbocycles. The number of benzene rings is 2. The average molecular weight is 392 g/mol. The molecule has 4 rings (SSSR count). The van der Waals surface area contributed by atoms with Gasteiger partial charge in [0.2, 0.25) is 0 Å².